The van der Waals surface area contributed by atoms with Crippen LogP contribution in [0.4, 0.5) is 18.9 Å². The van der Waals surface area contributed by atoms with Gasteiger partial charge in [0.2, 0.25) is 0 Å². The second-order valence-corrected chi connectivity index (χ2v) is 12.6. The minimum absolute atomic E-state index is 0.297. The maximum Gasteiger partial charge on any atom is 0.416 e. The molecule has 47 heavy (non-hydrogen) atoms. The highest BCUT2D eigenvalue weighted by Crippen LogP contribution is 2.29. The fourth-order valence-electron chi connectivity index (χ4n) is 5.46. The summed E-state index contributed by atoms with van der Waals surface area (Å²) in [6.07, 6.45) is -0.749. The van der Waals surface area contributed by atoms with Crippen LogP contribution in [0.15, 0.2) is 97.6 Å². The van der Waals surface area contributed by atoms with Crippen LogP contribution in [0.3, 0.4) is 0 Å². The Bertz CT molecular complexity index is 1470. The second kappa shape index (κ2) is 17.6. The Labute approximate surface area is 282 Å². The molecule has 0 saturated heterocycles. The first-order valence-corrected chi connectivity index (χ1v) is 16.4. The van der Waals surface area contributed by atoms with Crippen molar-refractivity contribution in [3.8, 4) is 0 Å². The number of benzene rings is 2. The van der Waals surface area contributed by atoms with E-state index in [4.69, 9.17) is 17.2 Å². The third-order valence-corrected chi connectivity index (χ3v) is 8.72. The Hall–Kier alpha value is -3.55. The molecule has 3 rings (SSSR count). The number of para-hydroxylation sites is 1. The smallest absolute Gasteiger partial charge is 0.379 e. The summed E-state index contributed by atoms with van der Waals surface area (Å²) in [5.74, 6) is 0.390. The van der Waals surface area contributed by atoms with Crippen molar-refractivity contribution in [2.45, 2.75) is 43.6 Å². The van der Waals surface area contributed by atoms with Gasteiger partial charge >= 0.3 is 6.18 Å². The van der Waals surface area contributed by atoms with E-state index in [0.717, 1.165) is 65.7 Å². The molecule has 12 heteroatoms. The SMILES string of the molecule is C=C(NC(CS)C(=C)NC(Cc1ccc(C(F)(F)F)cc1)C(=C)Nc1cnc2ccccc2c1)C(N)CCC[N+](C)(CCN)CCN. The Balaban J connectivity index is 1.71. The molecule has 0 fully saturated rings. The first-order valence-electron chi connectivity index (χ1n) is 15.8. The first-order chi connectivity index (χ1) is 22.3. The number of fused-ring (bicyclic) bond motifs is 1. The average Bonchev–Trinajstić information content (AvgIpc) is 3.03. The molecule has 3 aromatic rings. The van der Waals surface area contributed by atoms with Gasteiger partial charge in [-0.3, -0.25) is 4.98 Å². The number of halogens is 3. The van der Waals surface area contributed by atoms with Gasteiger partial charge in [-0.15, -0.1) is 0 Å². The highest BCUT2D eigenvalue weighted by molar-refractivity contribution is 7.80. The van der Waals surface area contributed by atoms with E-state index in [1.807, 2.05) is 30.3 Å². The molecule has 8 nitrogen and oxygen atoms in total. The maximum atomic E-state index is 13.2. The van der Waals surface area contributed by atoms with Crippen LogP contribution in [-0.4, -0.2) is 73.1 Å². The Kier molecular flexibility index (Phi) is 14.2. The molecule has 1 aromatic heterocycles. The molecule has 1 heterocycles. The monoisotopic (exact) mass is 671 g/mol. The lowest BCUT2D eigenvalue weighted by Crippen LogP contribution is -2.51. The number of nitrogens with one attached hydrogen (secondary N) is 3. The van der Waals surface area contributed by atoms with Crippen LogP contribution < -0.4 is 33.2 Å². The van der Waals surface area contributed by atoms with Crippen LogP contribution in [0.25, 0.3) is 10.9 Å². The van der Waals surface area contributed by atoms with Crippen LogP contribution in [0.1, 0.15) is 24.0 Å². The summed E-state index contributed by atoms with van der Waals surface area (Å²) in [5, 5.41) is 11.1. The van der Waals surface area contributed by atoms with Crippen LogP contribution in [0, 0.1) is 0 Å². The number of anilines is 1. The largest absolute Gasteiger partial charge is 0.416 e. The van der Waals surface area contributed by atoms with Crippen LogP contribution >= 0.6 is 12.6 Å². The summed E-state index contributed by atoms with van der Waals surface area (Å²) in [6.45, 7) is 16.5. The van der Waals surface area contributed by atoms with E-state index in [1.54, 1.807) is 6.20 Å². The van der Waals surface area contributed by atoms with Gasteiger partial charge in [0.15, 0.2) is 0 Å². The molecule has 3 unspecified atom stereocenters. The van der Waals surface area contributed by atoms with Gasteiger partial charge in [0.25, 0.3) is 0 Å². The third-order valence-electron chi connectivity index (χ3n) is 8.36. The Morgan fingerprint density at radius 3 is 2.17 bits per heavy atom. The second-order valence-electron chi connectivity index (χ2n) is 12.2. The predicted octanol–water partition coefficient (Wildman–Crippen LogP) is 4.77. The number of quaternary nitrogens is 1. The third kappa shape index (κ3) is 11.6. The zero-order chi connectivity index (χ0) is 34.6. The number of aromatic nitrogens is 1. The van der Waals surface area contributed by atoms with Gasteiger partial charge in [0.05, 0.1) is 61.7 Å². The lowest BCUT2D eigenvalue weighted by atomic mass is 10.0. The standard InChI is InChI=1S/C35H49F3N8S/c1-24(31(41)9-7-17-46(4,18-15-39)19-16-40)44-34(23-47)26(3)45-33(20-27-11-13-29(14-12-27)35(36,37)38)25(2)43-30-21-28-8-5-6-10-32(28)42-22-30/h5-6,8,10-14,21-22,31,33-34,43-45H,1-3,7,9,15-20,23,39-41H2,4H3/p+1. The van der Waals surface area contributed by atoms with E-state index in [2.05, 4.69) is 60.3 Å². The van der Waals surface area contributed by atoms with Gasteiger partial charge in [-0.25, -0.2) is 0 Å². The topological polar surface area (TPSA) is 127 Å². The number of pyridine rings is 1. The van der Waals surface area contributed by atoms with Gasteiger partial charge in [-0.1, -0.05) is 50.1 Å². The fraction of sp³-hybridized carbons (Fsp3) is 0.400. The summed E-state index contributed by atoms with van der Waals surface area (Å²) >= 11 is 4.55. The minimum Gasteiger partial charge on any atom is -0.379 e. The van der Waals surface area contributed by atoms with Crippen LogP contribution in [0.2, 0.25) is 0 Å². The highest BCUT2D eigenvalue weighted by atomic mass is 32.1. The van der Waals surface area contributed by atoms with Crippen molar-refractivity contribution < 1.29 is 17.7 Å². The molecule has 0 radical (unpaired) electrons. The lowest BCUT2D eigenvalue weighted by molar-refractivity contribution is -0.907. The van der Waals surface area contributed by atoms with Crippen molar-refractivity contribution in [3.63, 3.8) is 0 Å². The van der Waals surface area contributed by atoms with E-state index < -0.39 is 17.8 Å². The van der Waals surface area contributed by atoms with Crippen molar-refractivity contribution in [1.29, 1.82) is 0 Å². The minimum atomic E-state index is -4.42. The number of nitrogens with zero attached hydrogens (tertiary/aromatic N) is 2. The van der Waals surface area contributed by atoms with E-state index in [0.29, 0.717) is 47.9 Å². The summed E-state index contributed by atoms with van der Waals surface area (Å²) in [5.41, 5.74) is 21.6. The molecule has 0 spiro atoms. The Morgan fingerprint density at radius 2 is 1.55 bits per heavy atom. The van der Waals surface area contributed by atoms with E-state index in [1.165, 1.54) is 12.1 Å². The van der Waals surface area contributed by atoms with Crippen molar-refractivity contribution in [2.75, 3.05) is 50.8 Å². The lowest BCUT2D eigenvalue weighted by Gasteiger charge is -2.34. The number of hydrogen-bond donors (Lipinski definition) is 7. The number of hydrogen-bond acceptors (Lipinski definition) is 8. The van der Waals surface area contributed by atoms with Gasteiger partial charge in [-0.05, 0) is 49.1 Å². The Morgan fingerprint density at radius 1 is 0.915 bits per heavy atom. The molecular weight excluding hydrogens is 622 g/mol. The fourth-order valence-corrected chi connectivity index (χ4v) is 5.77. The van der Waals surface area contributed by atoms with Gasteiger partial charge in [0.1, 0.15) is 0 Å². The normalized spacial score (nSPS) is 13.9. The van der Waals surface area contributed by atoms with E-state index in [-0.39, 0.29) is 12.1 Å². The number of nitrogens with two attached hydrogens (primary N) is 3. The summed E-state index contributed by atoms with van der Waals surface area (Å²) in [4.78, 5) is 4.51. The molecule has 9 N–H and O–H groups in total. The molecule has 0 aliphatic rings. The first kappa shape index (κ1) is 37.9. The van der Waals surface area contributed by atoms with Crippen molar-refractivity contribution in [2.24, 2.45) is 17.2 Å². The summed E-state index contributed by atoms with van der Waals surface area (Å²) in [7, 11) is 2.16. The van der Waals surface area contributed by atoms with Gasteiger partial charge in [0, 0.05) is 47.4 Å². The molecular formula is C35H50F3N8S+. The maximum absolute atomic E-state index is 13.2. The summed E-state index contributed by atoms with van der Waals surface area (Å²) < 4.78 is 40.4. The molecule has 3 atom stereocenters. The molecule has 2 aromatic carbocycles. The number of rotatable bonds is 20. The molecule has 256 valence electrons. The average molecular weight is 672 g/mol. The van der Waals surface area contributed by atoms with Gasteiger partial charge in [-0.2, -0.15) is 25.8 Å². The summed E-state index contributed by atoms with van der Waals surface area (Å²) in [6, 6.07) is 13.8. The van der Waals surface area contributed by atoms with Crippen LogP contribution in [0.5, 0.6) is 0 Å². The zero-order valence-electron chi connectivity index (χ0n) is 27.2. The quantitative estimate of drug-likeness (QED) is 0.0682. The van der Waals surface area contributed by atoms with E-state index >= 15 is 0 Å². The van der Waals surface area contributed by atoms with Gasteiger partial charge < -0.3 is 37.6 Å². The highest BCUT2D eigenvalue weighted by Gasteiger charge is 2.30. The van der Waals surface area contributed by atoms with Crippen molar-refractivity contribution >= 4 is 29.2 Å². The van der Waals surface area contributed by atoms with Crippen molar-refractivity contribution in [1.82, 2.24) is 15.6 Å². The molecule has 0 amide bonds. The van der Waals surface area contributed by atoms with Crippen molar-refractivity contribution in [3.05, 3.63) is 109 Å². The molecule has 0 saturated carbocycles. The molecule has 0 bridgehead atoms. The number of likely N-dealkylation sites (N-methyl/N-ethyl adjacent to an activating group) is 1. The number of alkyl halides is 3. The van der Waals surface area contributed by atoms with E-state index in [9.17, 15) is 13.2 Å². The molecule has 0 aliphatic carbocycles. The zero-order valence-corrected chi connectivity index (χ0v) is 28.1. The predicted molar refractivity (Wildman–Crippen MR) is 192 cm³/mol. The van der Waals surface area contributed by atoms with Crippen LogP contribution in [-0.2, 0) is 12.6 Å². The molecule has 0 aliphatic heterocycles. The number of thiol groups is 1.